The normalized spacial score (nSPS) is 24.3. The zero-order chi connectivity index (χ0) is 26.6. The van der Waals surface area contributed by atoms with E-state index in [1.165, 1.54) is 23.9 Å². The number of esters is 4. The Morgan fingerprint density at radius 1 is 0.944 bits per heavy atom. The zero-order valence-electron chi connectivity index (χ0n) is 20.5. The molecule has 0 N–H and O–H groups in total. The third-order valence-corrected chi connectivity index (χ3v) is 7.85. The molecule has 1 aromatic carbocycles. The monoisotopic (exact) mass is 544 g/mol. The Morgan fingerprint density at radius 3 is 2.03 bits per heavy atom. The van der Waals surface area contributed by atoms with E-state index in [4.69, 9.17) is 30.5 Å². The fraction of sp³-hybridized carbons (Fsp3) is 0.600. The number of hydrogen-bond donors (Lipinski definition) is 0. The van der Waals surface area contributed by atoms with Crippen molar-refractivity contribution in [3.63, 3.8) is 0 Å². The Labute approximate surface area is 218 Å². The molecule has 1 aromatic rings. The lowest BCUT2D eigenvalue weighted by Crippen LogP contribution is -2.30. The van der Waals surface area contributed by atoms with Crippen LogP contribution in [0.3, 0.4) is 0 Å². The van der Waals surface area contributed by atoms with E-state index in [1.807, 2.05) is 0 Å². The number of hydrogen-bond acceptors (Lipinski definition) is 9. The van der Waals surface area contributed by atoms with Crippen molar-refractivity contribution in [2.75, 3.05) is 19.3 Å². The largest absolute Gasteiger partial charge is 0.428 e. The number of thioether (sulfide) groups is 1. The predicted octanol–water partition coefficient (Wildman–Crippen LogP) is 4.47. The highest BCUT2D eigenvalue weighted by Gasteiger charge is 2.67. The maximum absolute atomic E-state index is 13.5. The SMILES string of the molecule is CC(C)C(=O)OCOC(=O)C1C(CSc2ccc(F)c(Cl)c2)CC2C(C(=O)OCOC(=O)C(C)C)C21. The Kier molecular flexibility index (Phi) is 9.63. The van der Waals surface area contributed by atoms with Gasteiger partial charge in [-0.3, -0.25) is 19.2 Å². The summed E-state index contributed by atoms with van der Waals surface area (Å²) in [6, 6.07) is 4.41. The first kappa shape index (κ1) is 28.2. The van der Waals surface area contributed by atoms with Gasteiger partial charge in [-0.25, -0.2) is 4.39 Å². The fourth-order valence-corrected chi connectivity index (χ4v) is 5.81. The summed E-state index contributed by atoms with van der Waals surface area (Å²) >= 11 is 7.30. The molecule has 11 heteroatoms. The van der Waals surface area contributed by atoms with Gasteiger partial charge >= 0.3 is 23.9 Å². The molecule has 2 aliphatic carbocycles. The topological polar surface area (TPSA) is 105 Å². The van der Waals surface area contributed by atoms with Gasteiger partial charge in [0.25, 0.3) is 0 Å². The summed E-state index contributed by atoms with van der Waals surface area (Å²) in [7, 11) is 0. The third-order valence-electron chi connectivity index (χ3n) is 6.37. The van der Waals surface area contributed by atoms with Crippen LogP contribution >= 0.6 is 23.4 Å². The second-order valence-electron chi connectivity index (χ2n) is 9.57. The molecule has 5 atom stereocenters. The lowest BCUT2D eigenvalue weighted by molar-refractivity contribution is -0.173. The first-order valence-corrected chi connectivity index (χ1v) is 13.1. The number of fused-ring (bicyclic) bond motifs is 1. The molecule has 5 unspecified atom stereocenters. The second kappa shape index (κ2) is 12.3. The number of carbonyl (C=O) groups excluding carboxylic acids is 4. The van der Waals surface area contributed by atoms with Gasteiger partial charge in [0, 0.05) is 10.6 Å². The molecule has 0 aliphatic heterocycles. The fourth-order valence-electron chi connectivity index (χ4n) is 4.44. The van der Waals surface area contributed by atoms with E-state index in [1.54, 1.807) is 33.8 Å². The number of ether oxygens (including phenoxy) is 4. The molecular formula is C25H30ClFO8S. The van der Waals surface area contributed by atoms with Gasteiger partial charge in [0.2, 0.25) is 13.6 Å². The van der Waals surface area contributed by atoms with Crippen molar-refractivity contribution < 1.29 is 42.5 Å². The van der Waals surface area contributed by atoms with Crippen LogP contribution in [0, 0.1) is 47.2 Å². The number of carbonyl (C=O) groups is 4. The van der Waals surface area contributed by atoms with Crippen LogP contribution in [0.2, 0.25) is 5.02 Å². The van der Waals surface area contributed by atoms with Crippen LogP contribution in [0.15, 0.2) is 23.1 Å². The Morgan fingerprint density at radius 2 is 1.50 bits per heavy atom. The average Bonchev–Trinajstić information content (AvgIpc) is 3.39. The van der Waals surface area contributed by atoms with E-state index in [9.17, 15) is 23.6 Å². The molecule has 0 aromatic heterocycles. The summed E-state index contributed by atoms with van der Waals surface area (Å²) < 4.78 is 33.7. The minimum absolute atomic E-state index is 0.0122. The first-order valence-electron chi connectivity index (χ1n) is 11.8. The van der Waals surface area contributed by atoms with Gasteiger partial charge < -0.3 is 18.9 Å². The highest BCUT2D eigenvalue weighted by Crippen LogP contribution is 2.64. The van der Waals surface area contributed by atoms with Crippen LogP contribution in [0.5, 0.6) is 0 Å². The van der Waals surface area contributed by atoms with Crippen molar-refractivity contribution >= 4 is 47.2 Å². The average molecular weight is 545 g/mol. The van der Waals surface area contributed by atoms with Crippen LogP contribution in [0.1, 0.15) is 34.1 Å². The molecule has 8 nitrogen and oxygen atoms in total. The lowest BCUT2D eigenvalue weighted by atomic mass is 9.90. The number of halogens is 2. The maximum atomic E-state index is 13.5. The molecule has 2 saturated carbocycles. The molecule has 0 heterocycles. The lowest BCUT2D eigenvalue weighted by Gasteiger charge is -2.22. The first-order chi connectivity index (χ1) is 17.0. The molecule has 2 fully saturated rings. The molecule has 2 aliphatic rings. The summed E-state index contributed by atoms with van der Waals surface area (Å²) in [5.41, 5.74) is 0. The molecular weight excluding hydrogens is 515 g/mol. The van der Waals surface area contributed by atoms with E-state index >= 15 is 0 Å². The second-order valence-corrected chi connectivity index (χ2v) is 11.1. The standard InChI is InChI=1S/C25H30ClFO8S/c1-12(2)22(28)32-10-34-24(30)19-14(9-36-15-5-6-18(27)17(26)8-15)7-16-20(19)21(16)25(31)35-11-33-23(29)13(3)4/h5-6,8,12-14,16,19-21H,7,9-11H2,1-4H3. The van der Waals surface area contributed by atoms with E-state index in [2.05, 4.69) is 0 Å². The molecule has 0 bridgehead atoms. The molecule has 0 radical (unpaired) electrons. The Bertz CT molecular complexity index is 1000. The molecule has 0 saturated heterocycles. The van der Waals surface area contributed by atoms with Gasteiger partial charge in [-0.05, 0) is 42.4 Å². The minimum Gasteiger partial charge on any atom is -0.428 e. The van der Waals surface area contributed by atoms with Crippen LogP contribution in [0.4, 0.5) is 4.39 Å². The highest BCUT2D eigenvalue weighted by molar-refractivity contribution is 7.99. The van der Waals surface area contributed by atoms with Gasteiger partial charge in [0.15, 0.2) is 0 Å². The van der Waals surface area contributed by atoms with Crippen molar-refractivity contribution in [2.45, 2.75) is 39.0 Å². The molecule has 36 heavy (non-hydrogen) atoms. The van der Waals surface area contributed by atoms with Crippen molar-refractivity contribution in [1.29, 1.82) is 0 Å². The number of rotatable bonds is 11. The minimum atomic E-state index is -0.605. The van der Waals surface area contributed by atoms with Gasteiger partial charge in [-0.2, -0.15) is 0 Å². The molecule has 198 valence electrons. The van der Waals surface area contributed by atoms with Gasteiger partial charge in [0.05, 0.1) is 28.7 Å². The smallest absolute Gasteiger partial charge is 0.312 e. The van der Waals surface area contributed by atoms with Gasteiger partial charge in [0.1, 0.15) is 5.82 Å². The van der Waals surface area contributed by atoms with E-state index in [0.717, 1.165) is 4.90 Å². The summed E-state index contributed by atoms with van der Waals surface area (Å²) in [5.74, 6) is -4.33. The van der Waals surface area contributed by atoms with Crippen molar-refractivity contribution in [3.8, 4) is 0 Å². The van der Waals surface area contributed by atoms with Crippen molar-refractivity contribution in [1.82, 2.24) is 0 Å². The van der Waals surface area contributed by atoms with E-state index < -0.39 is 55.1 Å². The molecule has 0 amide bonds. The van der Waals surface area contributed by atoms with Crippen LogP contribution in [-0.2, 0) is 38.1 Å². The van der Waals surface area contributed by atoms with E-state index in [0.29, 0.717) is 12.2 Å². The summed E-state index contributed by atoms with van der Waals surface area (Å²) in [5, 5.41) is 0.0122. The maximum Gasteiger partial charge on any atom is 0.312 e. The quantitative estimate of drug-likeness (QED) is 0.226. The molecule has 3 rings (SSSR count). The third kappa shape index (κ3) is 6.91. The van der Waals surface area contributed by atoms with Gasteiger partial charge in [-0.15, -0.1) is 11.8 Å². The highest BCUT2D eigenvalue weighted by atomic mass is 35.5. The Hall–Kier alpha value is -2.33. The van der Waals surface area contributed by atoms with Crippen molar-refractivity contribution in [2.24, 2.45) is 41.4 Å². The van der Waals surface area contributed by atoms with Crippen LogP contribution in [-0.4, -0.2) is 43.2 Å². The zero-order valence-corrected chi connectivity index (χ0v) is 22.1. The van der Waals surface area contributed by atoms with E-state index in [-0.39, 0.29) is 34.6 Å². The number of benzene rings is 1. The van der Waals surface area contributed by atoms with Crippen molar-refractivity contribution in [3.05, 3.63) is 29.0 Å². The summed E-state index contributed by atoms with van der Waals surface area (Å²) in [6.07, 6.45) is 0.587. The Balaban J connectivity index is 1.61. The summed E-state index contributed by atoms with van der Waals surface area (Å²) in [6.45, 7) is 5.69. The predicted molar refractivity (Wildman–Crippen MR) is 128 cm³/mol. The van der Waals surface area contributed by atoms with Crippen LogP contribution in [0.25, 0.3) is 0 Å². The molecule has 0 spiro atoms. The summed E-state index contributed by atoms with van der Waals surface area (Å²) in [4.78, 5) is 49.6. The van der Waals surface area contributed by atoms with Gasteiger partial charge in [-0.1, -0.05) is 39.3 Å². The van der Waals surface area contributed by atoms with Crippen LogP contribution < -0.4 is 0 Å².